The maximum atomic E-state index is 13.0. The number of hydrogen-bond donors (Lipinski definition) is 0. The van der Waals surface area contributed by atoms with Crippen LogP contribution in [0.1, 0.15) is 50.2 Å². The first-order valence-electron chi connectivity index (χ1n) is 9.63. The molecule has 1 unspecified atom stereocenters. The van der Waals surface area contributed by atoms with Crippen LogP contribution in [-0.2, 0) is 9.59 Å². The number of carbonyl (C=O) groups is 2. The second-order valence-electron chi connectivity index (χ2n) is 7.53. The van der Waals surface area contributed by atoms with Crippen LogP contribution in [0.3, 0.4) is 0 Å². The molecule has 0 spiro atoms. The van der Waals surface area contributed by atoms with Crippen LogP contribution in [0.15, 0.2) is 72.3 Å². The first kappa shape index (κ1) is 19.0. The van der Waals surface area contributed by atoms with Gasteiger partial charge in [0.2, 0.25) is 0 Å². The average Bonchev–Trinajstić information content (AvgIpc) is 2.70. The van der Waals surface area contributed by atoms with Gasteiger partial charge in [0.05, 0.1) is 0 Å². The zero-order chi connectivity index (χ0) is 19.1. The molecule has 0 saturated heterocycles. The van der Waals surface area contributed by atoms with Gasteiger partial charge in [-0.25, -0.2) is 0 Å². The summed E-state index contributed by atoms with van der Waals surface area (Å²) in [4.78, 5) is 25.3. The highest BCUT2D eigenvalue weighted by Gasteiger charge is 2.37. The zero-order valence-corrected chi connectivity index (χ0v) is 15.9. The van der Waals surface area contributed by atoms with E-state index in [4.69, 9.17) is 0 Å². The molecule has 0 N–H and O–H groups in total. The standard InChI is InChI=1S/C25H26O2/c1-25(18-16-23(26)15-14-20-9-4-2-5-10-20)17-8-13-22(24(25)27)19-21-11-6-3-7-12-21/h2-7,9-12,14-15,19H,8,13,16-18H2,1H3/b15-14+,22-19-. The Morgan fingerprint density at radius 3 is 2.30 bits per heavy atom. The summed E-state index contributed by atoms with van der Waals surface area (Å²) in [5, 5.41) is 0. The van der Waals surface area contributed by atoms with Crippen LogP contribution in [0, 0.1) is 5.41 Å². The highest BCUT2D eigenvalue weighted by Crippen LogP contribution is 2.40. The second kappa shape index (κ2) is 8.77. The van der Waals surface area contributed by atoms with Crippen molar-refractivity contribution in [3.63, 3.8) is 0 Å². The Hall–Kier alpha value is -2.74. The summed E-state index contributed by atoms with van der Waals surface area (Å²) >= 11 is 0. The third-order valence-electron chi connectivity index (χ3n) is 5.34. The molecule has 0 amide bonds. The molecule has 1 fully saturated rings. The molecule has 2 aromatic carbocycles. The van der Waals surface area contributed by atoms with Gasteiger partial charge in [0.1, 0.15) is 0 Å². The van der Waals surface area contributed by atoms with E-state index in [1.165, 1.54) is 0 Å². The van der Waals surface area contributed by atoms with Crippen molar-refractivity contribution in [3.05, 3.63) is 83.4 Å². The average molecular weight is 358 g/mol. The van der Waals surface area contributed by atoms with Gasteiger partial charge in [-0.1, -0.05) is 73.7 Å². The lowest BCUT2D eigenvalue weighted by Crippen LogP contribution is -2.33. The normalized spacial score (nSPS) is 21.7. The molecule has 2 aromatic rings. The number of benzene rings is 2. The molecule has 1 saturated carbocycles. The fourth-order valence-electron chi connectivity index (χ4n) is 3.65. The number of hydrogen-bond acceptors (Lipinski definition) is 2. The minimum absolute atomic E-state index is 0.0760. The Kier molecular flexibility index (Phi) is 6.18. The van der Waals surface area contributed by atoms with Gasteiger partial charge < -0.3 is 0 Å². The van der Waals surface area contributed by atoms with Crippen LogP contribution < -0.4 is 0 Å². The van der Waals surface area contributed by atoms with Crippen molar-refractivity contribution in [2.75, 3.05) is 0 Å². The molecule has 1 atom stereocenters. The molecule has 0 heterocycles. The van der Waals surface area contributed by atoms with Crippen LogP contribution in [0.4, 0.5) is 0 Å². The summed E-state index contributed by atoms with van der Waals surface area (Å²) in [6, 6.07) is 19.8. The summed E-state index contributed by atoms with van der Waals surface area (Å²) in [6.45, 7) is 2.02. The third-order valence-corrected chi connectivity index (χ3v) is 5.34. The summed E-state index contributed by atoms with van der Waals surface area (Å²) in [5.74, 6) is 0.282. The lowest BCUT2D eigenvalue weighted by atomic mass is 9.69. The molecule has 3 rings (SSSR count). The molecule has 1 aliphatic carbocycles. The lowest BCUT2D eigenvalue weighted by molar-refractivity contribution is -0.126. The summed E-state index contributed by atoms with van der Waals surface area (Å²) in [5.41, 5.74) is 2.53. The molecular formula is C25H26O2. The lowest BCUT2D eigenvalue weighted by Gasteiger charge is -2.33. The number of rotatable bonds is 6. The van der Waals surface area contributed by atoms with Crippen LogP contribution >= 0.6 is 0 Å². The quantitative estimate of drug-likeness (QED) is 0.603. The predicted molar refractivity (Wildman–Crippen MR) is 111 cm³/mol. The molecule has 0 radical (unpaired) electrons. The molecule has 0 bridgehead atoms. The number of Topliss-reactive ketones (excluding diaryl/α,β-unsaturated/α-hetero) is 1. The fourth-order valence-corrected chi connectivity index (χ4v) is 3.65. The smallest absolute Gasteiger partial charge is 0.164 e. The monoisotopic (exact) mass is 358 g/mol. The second-order valence-corrected chi connectivity index (χ2v) is 7.53. The largest absolute Gasteiger partial charge is 0.295 e. The van der Waals surface area contributed by atoms with Gasteiger partial charge in [-0.15, -0.1) is 0 Å². The summed E-state index contributed by atoms with van der Waals surface area (Å²) < 4.78 is 0. The van der Waals surface area contributed by atoms with Gasteiger partial charge in [-0.2, -0.15) is 0 Å². The van der Waals surface area contributed by atoms with E-state index in [1.807, 2.05) is 79.7 Å². The molecule has 2 heteroatoms. The Morgan fingerprint density at radius 1 is 1.00 bits per heavy atom. The van der Waals surface area contributed by atoms with Gasteiger partial charge >= 0.3 is 0 Å². The highest BCUT2D eigenvalue weighted by atomic mass is 16.1. The van der Waals surface area contributed by atoms with Gasteiger partial charge in [-0.05, 0) is 54.5 Å². The topological polar surface area (TPSA) is 34.1 Å². The first-order valence-corrected chi connectivity index (χ1v) is 9.63. The van der Waals surface area contributed by atoms with Crippen LogP contribution in [0.5, 0.6) is 0 Å². The molecule has 1 aliphatic rings. The van der Waals surface area contributed by atoms with E-state index in [0.717, 1.165) is 36.0 Å². The van der Waals surface area contributed by atoms with E-state index in [0.29, 0.717) is 12.8 Å². The number of allylic oxidation sites excluding steroid dienone is 2. The van der Waals surface area contributed by atoms with Crippen molar-refractivity contribution in [3.8, 4) is 0 Å². The predicted octanol–water partition coefficient (Wildman–Crippen LogP) is 5.89. The van der Waals surface area contributed by atoms with E-state index < -0.39 is 5.41 Å². The Morgan fingerprint density at radius 2 is 1.63 bits per heavy atom. The van der Waals surface area contributed by atoms with Crippen molar-refractivity contribution in [1.29, 1.82) is 0 Å². The van der Waals surface area contributed by atoms with E-state index >= 15 is 0 Å². The van der Waals surface area contributed by atoms with Gasteiger partial charge in [0.25, 0.3) is 0 Å². The minimum atomic E-state index is -0.435. The van der Waals surface area contributed by atoms with E-state index in [9.17, 15) is 9.59 Å². The van der Waals surface area contributed by atoms with Crippen molar-refractivity contribution >= 4 is 23.7 Å². The summed E-state index contributed by atoms with van der Waals surface area (Å²) in [6.07, 6.45) is 9.17. The molecule has 2 nitrogen and oxygen atoms in total. The fraction of sp³-hybridized carbons (Fsp3) is 0.280. The number of ketones is 2. The SMILES string of the molecule is CC1(CCC(=O)/C=C/c2ccccc2)CCC/C(=C/c2ccccc2)C1=O. The third kappa shape index (κ3) is 5.13. The van der Waals surface area contributed by atoms with E-state index in [-0.39, 0.29) is 11.6 Å². The van der Waals surface area contributed by atoms with E-state index in [2.05, 4.69) is 0 Å². The van der Waals surface area contributed by atoms with Crippen molar-refractivity contribution in [2.45, 2.75) is 39.0 Å². The maximum Gasteiger partial charge on any atom is 0.164 e. The van der Waals surface area contributed by atoms with Crippen LogP contribution in [-0.4, -0.2) is 11.6 Å². The number of carbonyl (C=O) groups excluding carboxylic acids is 2. The Bertz CT molecular complexity index is 846. The summed E-state index contributed by atoms with van der Waals surface area (Å²) in [7, 11) is 0. The van der Waals surface area contributed by atoms with Crippen molar-refractivity contribution < 1.29 is 9.59 Å². The van der Waals surface area contributed by atoms with Gasteiger partial charge in [0, 0.05) is 11.8 Å². The Balaban J connectivity index is 1.63. The first-order chi connectivity index (χ1) is 13.1. The highest BCUT2D eigenvalue weighted by molar-refractivity contribution is 6.04. The Labute approximate surface area is 161 Å². The van der Waals surface area contributed by atoms with E-state index in [1.54, 1.807) is 6.08 Å². The van der Waals surface area contributed by atoms with Crippen LogP contribution in [0.25, 0.3) is 12.2 Å². The molecular weight excluding hydrogens is 332 g/mol. The van der Waals surface area contributed by atoms with Crippen LogP contribution in [0.2, 0.25) is 0 Å². The van der Waals surface area contributed by atoms with Gasteiger partial charge in [0.15, 0.2) is 11.6 Å². The molecule has 138 valence electrons. The zero-order valence-electron chi connectivity index (χ0n) is 15.9. The molecule has 0 aliphatic heterocycles. The van der Waals surface area contributed by atoms with Gasteiger partial charge in [-0.3, -0.25) is 9.59 Å². The van der Waals surface area contributed by atoms with Crippen molar-refractivity contribution in [1.82, 2.24) is 0 Å². The minimum Gasteiger partial charge on any atom is -0.295 e. The van der Waals surface area contributed by atoms with Crippen molar-refractivity contribution in [2.24, 2.45) is 5.41 Å². The molecule has 0 aromatic heterocycles. The maximum absolute atomic E-state index is 13.0. The molecule has 27 heavy (non-hydrogen) atoms.